The SMILES string of the molecule is CN1CCC(NC(=O)c2ccccc2N)C1=O.Cl. The summed E-state index contributed by atoms with van der Waals surface area (Å²) in [6.07, 6.45) is 0.647. The number of carbonyl (C=O) groups is 2. The fourth-order valence-electron chi connectivity index (χ4n) is 1.90. The molecule has 1 fully saturated rings. The number of hydrogen-bond donors (Lipinski definition) is 2. The van der Waals surface area contributed by atoms with E-state index in [4.69, 9.17) is 5.73 Å². The third kappa shape index (κ3) is 2.73. The predicted octanol–water partition coefficient (Wildman–Crippen LogP) is 0.651. The van der Waals surface area contributed by atoms with E-state index in [1.807, 2.05) is 0 Å². The van der Waals surface area contributed by atoms with Gasteiger partial charge in [-0.3, -0.25) is 9.59 Å². The fourth-order valence-corrected chi connectivity index (χ4v) is 1.90. The van der Waals surface area contributed by atoms with Crippen LogP contribution in [0.2, 0.25) is 0 Å². The van der Waals surface area contributed by atoms with Crippen LogP contribution in [0.25, 0.3) is 0 Å². The molecule has 2 rings (SSSR count). The second-order valence-corrected chi connectivity index (χ2v) is 4.16. The molecular formula is C12H16ClN3O2. The Hall–Kier alpha value is -1.75. The van der Waals surface area contributed by atoms with Gasteiger partial charge in [0.05, 0.1) is 5.56 Å². The molecule has 0 spiro atoms. The maximum absolute atomic E-state index is 11.9. The summed E-state index contributed by atoms with van der Waals surface area (Å²) in [5, 5.41) is 2.71. The average Bonchev–Trinajstić information content (AvgIpc) is 2.61. The van der Waals surface area contributed by atoms with Crippen LogP contribution >= 0.6 is 12.4 Å². The number of nitrogens with one attached hydrogen (secondary N) is 1. The van der Waals surface area contributed by atoms with Crippen molar-refractivity contribution in [2.75, 3.05) is 19.3 Å². The van der Waals surface area contributed by atoms with Crippen LogP contribution in [0.3, 0.4) is 0 Å². The maximum atomic E-state index is 11.9. The molecule has 0 bridgehead atoms. The number of amides is 2. The smallest absolute Gasteiger partial charge is 0.254 e. The standard InChI is InChI=1S/C12H15N3O2.ClH/c1-15-7-6-10(12(15)17)14-11(16)8-4-2-3-5-9(8)13;/h2-5,10H,6-7,13H2,1H3,(H,14,16);1H. The first kappa shape index (κ1) is 14.3. The van der Waals surface area contributed by atoms with Crippen LogP contribution in [-0.2, 0) is 4.79 Å². The number of anilines is 1. The highest BCUT2D eigenvalue weighted by Crippen LogP contribution is 2.13. The molecule has 2 amide bonds. The van der Waals surface area contributed by atoms with E-state index >= 15 is 0 Å². The summed E-state index contributed by atoms with van der Waals surface area (Å²) in [4.78, 5) is 25.2. The number of nitrogen functional groups attached to an aromatic ring is 1. The molecule has 3 N–H and O–H groups in total. The molecule has 1 aromatic rings. The lowest BCUT2D eigenvalue weighted by molar-refractivity contribution is -0.128. The first-order chi connectivity index (χ1) is 8.09. The van der Waals surface area contributed by atoms with Gasteiger partial charge in [0.15, 0.2) is 0 Å². The van der Waals surface area contributed by atoms with Gasteiger partial charge in [-0.1, -0.05) is 12.1 Å². The Balaban J connectivity index is 0.00000162. The number of likely N-dealkylation sites (N-methyl/N-ethyl adjacent to an activating group) is 1. The molecule has 1 heterocycles. The molecule has 0 radical (unpaired) electrons. The van der Waals surface area contributed by atoms with Gasteiger partial charge in [0, 0.05) is 19.3 Å². The minimum Gasteiger partial charge on any atom is -0.398 e. The van der Waals surface area contributed by atoms with Gasteiger partial charge < -0.3 is 16.0 Å². The van der Waals surface area contributed by atoms with Crippen molar-refractivity contribution in [2.24, 2.45) is 0 Å². The van der Waals surface area contributed by atoms with Gasteiger partial charge in [0.2, 0.25) is 5.91 Å². The summed E-state index contributed by atoms with van der Waals surface area (Å²) >= 11 is 0. The summed E-state index contributed by atoms with van der Waals surface area (Å²) < 4.78 is 0. The first-order valence-corrected chi connectivity index (χ1v) is 5.50. The Bertz CT molecular complexity index is 464. The fraction of sp³-hybridized carbons (Fsp3) is 0.333. The predicted molar refractivity (Wildman–Crippen MR) is 71.6 cm³/mol. The minimum atomic E-state index is -0.424. The molecule has 1 unspecified atom stereocenters. The van der Waals surface area contributed by atoms with Gasteiger partial charge in [0.1, 0.15) is 6.04 Å². The molecule has 6 heteroatoms. The first-order valence-electron chi connectivity index (χ1n) is 5.50. The number of likely N-dealkylation sites (tertiary alicyclic amines) is 1. The van der Waals surface area contributed by atoms with Crippen molar-refractivity contribution in [1.29, 1.82) is 0 Å². The van der Waals surface area contributed by atoms with Gasteiger partial charge in [-0.05, 0) is 18.6 Å². The van der Waals surface area contributed by atoms with E-state index in [1.165, 1.54) is 0 Å². The van der Waals surface area contributed by atoms with Gasteiger partial charge in [-0.2, -0.15) is 0 Å². The summed E-state index contributed by atoms with van der Waals surface area (Å²) in [5.41, 5.74) is 6.53. The number of para-hydroxylation sites is 1. The molecule has 18 heavy (non-hydrogen) atoms. The lowest BCUT2D eigenvalue weighted by Gasteiger charge is -2.13. The summed E-state index contributed by atoms with van der Waals surface area (Å²) in [6.45, 7) is 0.675. The topological polar surface area (TPSA) is 75.4 Å². The minimum absolute atomic E-state index is 0. The highest BCUT2D eigenvalue weighted by atomic mass is 35.5. The van der Waals surface area contributed by atoms with Crippen LogP contribution in [0.5, 0.6) is 0 Å². The van der Waals surface area contributed by atoms with Crippen LogP contribution in [0.15, 0.2) is 24.3 Å². The van der Waals surface area contributed by atoms with E-state index in [-0.39, 0.29) is 24.2 Å². The molecule has 0 aromatic heterocycles. The number of hydrogen-bond acceptors (Lipinski definition) is 3. The van der Waals surface area contributed by atoms with Crippen molar-refractivity contribution in [2.45, 2.75) is 12.5 Å². The van der Waals surface area contributed by atoms with Gasteiger partial charge in [-0.15, -0.1) is 12.4 Å². The van der Waals surface area contributed by atoms with Crippen LogP contribution in [-0.4, -0.2) is 36.3 Å². The zero-order valence-electron chi connectivity index (χ0n) is 10.1. The summed E-state index contributed by atoms with van der Waals surface area (Å²) in [6, 6.07) is 6.40. The molecule has 98 valence electrons. The molecule has 5 nitrogen and oxygen atoms in total. The molecule has 0 aliphatic carbocycles. The van der Waals surface area contributed by atoms with Crippen LogP contribution in [0.4, 0.5) is 5.69 Å². The zero-order chi connectivity index (χ0) is 12.4. The zero-order valence-corrected chi connectivity index (χ0v) is 10.9. The summed E-state index contributed by atoms with van der Waals surface area (Å²) in [5.74, 6) is -0.343. The Morgan fingerprint density at radius 2 is 2.11 bits per heavy atom. The van der Waals surface area contributed by atoms with E-state index in [9.17, 15) is 9.59 Å². The highest BCUT2D eigenvalue weighted by molar-refractivity contribution is 6.01. The Morgan fingerprint density at radius 3 is 2.67 bits per heavy atom. The van der Waals surface area contributed by atoms with Crippen molar-refractivity contribution in [3.8, 4) is 0 Å². The molecular weight excluding hydrogens is 254 g/mol. The van der Waals surface area contributed by atoms with E-state index in [2.05, 4.69) is 5.32 Å². The lowest BCUT2D eigenvalue weighted by Crippen LogP contribution is -2.40. The summed E-state index contributed by atoms with van der Waals surface area (Å²) in [7, 11) is 1.73. The van der Waals surface area contributed by atoms with Crippen LogP contribution < -0.4 is 11.1 Å². The van der Waals surface area contributed by atoms with Gasteiger partial charge >= 0.3 is 0 Å². The Morgan fingerprint density at radius 1 is 1.44 bits per heavy atom. The monoisotopic (exact) mass is 269 g/mol. The number of nitrogens with zero attached hydrogens (tertiary/aromatic N) is 1. The normalized spacial score (nSPS) is 18.4. The van der Waals surface area contributed by atoms with Crippen LogP contribution in [0, 0.1) is 0 Å². The second kappa shape index (κ2) is 5.73. The molecule has 1 aliphatic rings. The van der Waals surface area contributed by atoms with Crippen molar-refractivity contribution in [3.05, 3.63) is 29.8 Å². The molecule has 1 aromatic carbocycles. The molecule has 1 atom stereocenters. The van der Waals surface area contributed by atoms with E-state index in [0.717, 1.165) is 0 Å². The van der Waals surface area contributed by atoms with E-state index < -0.39 is 6.04 Å². The number of carbonyl (C=O) groups excluding carboxylic acids is 2. The molecule has 1 aliphatic heterocycles. The van der Waals surface area contributed by atoms with Gasteiger partial charge in [-0.25, -0.2) is 0 Å². The number of rotatable bonds is 2. The third-order valence-electron chi connectivity index (χ3n) is 2.94. The average molecular weight is 270 g/mol. The van der Waals surface area contributed by atoms with E-state index in [1.54, 1.807) is 36.2 Å². The van der Waals surface area contributed by atoms with Crippen molar-refractivity contribution < 1.29 is 9.59 Å². The Labute approximate surface area is 112 Å². The maximum Gasteiger partial charge on any atom is 0.254 e. The Kier molecular flexibility index (Phi) is 4.55. The largest absolute Gasteiger partial charge is 0.398 e. The second-order valence-electron chi connectivity index (χ2n) is 4.16. The van der Waals surface area contributed by atoms with Crippen LogP contribution in [0.1, 0.15) is 16.8 Å². The number of benzene rings is 1. The van der Waals surface area contributed by atoms with E-state index in [0.29, 0.717) is 24.2 Å². The third-order valence-corrected chi connectivity index (χ3v) is 2.94. The number of halogens is 1. The van der Waals surface area contributed by atoms with Crippen molar-refractivity contribution >= 4 is 29.9 Å². The number of nitrogens with two attached hydrogens (primary N) is 1. The highest BCUT2D eigenvalue weighted by Gasteiger charge is 2.30. The van der Waals surface area contributed by atoms with Gasteiger partial charge in [0.25, 0.3) is 5.91 Å². The molecule has 0 saturated carbocycles. The van der Waals surface area contributed by atoms with Crippen molar-refractivity contribution in [1.82, 2.24) is 10.2 Å². The quantitative estimate of drug-likeness (QED) is 0.774. The lowest BCUT2D eigenvalue weighted by atomic mass is 10.1. The van der Waals surface area contributed by atoms with Crippen molar-refractivity contribution in [3.63, 3.8) is 0 Å². The molecule has 1 saturated heterocycles.